The van der Waals surface area contributed by atoms with Crippen molar-refractivity contribution in [1.29, 1.82) is 0 Å². The molecule has 0 saturated carbocycles. The van der Waals surface area contributed by atoms with Crippen molar-refractivity contribution in [2.45, 2.75) is 58.8 Å². The maximum Gasteiger partial charge on any atom is 0.224 e. The van der Waals surface area contributed by atoms with Gasteiger partial charge >= 0.3 is 0 Å². The van der Waals surface area contributed by atoms with E-state index in [1.165, 1.54) is 31.4 Å². The highest BCUT2D eigenvalue weighted by molar-refractivity contribution is 5.94. The van der Waals surface area contributed by atoms with E-state index in [1.807, 2.05) is 0 Å². The maximum absolute atomic E-state index is 11.9. The lowest BCUT2D eigenvalue weighted by Gasteiger charge is -2.13. The molecule has 0 spiro atoms. The van der Waals surface area contributed by atoms with Gasteiger partial charge in [0, 0.05) is 17.7 Å². The van der Waals surface area contributed by atoms with Crippen LogP contribution in [0, 0.1) is 0 Å². The van der Waals surface area contributed by atoms with Gasteiger partial charge in [0.25, 0.3) is 0 Å². The molecule has 1 rings (SSSR count). The number of rotatable bonds is 11. The predicted octanol–water partition coefficient (Wildman–Crippen LogP) is 3.14. The van der Waals surface area contributed by atoms with Gasteiger partial charge in [-0.15, -0.1) is 0 Å². The van der Waals surface area contributed by atoms with Crippen LogP contribution in [0.15, 0.2) is 18.2 Å². The topological polar surface area (TPSA) is 78.5 Å². The lowest BCUT2D eigenvalue weighted by molar-refractivity contribution is -0.255. The molecule has 0 aromatic heterocycles. The van der Waals surface area contributed by atoms with E-state index in [0.717, 1.165) is 19.3 Å². The van der Waals surface area contributed by atoms with Crippen LogP contribution < -0.4 is 15.2 Å². The number of carbonyl (C=O) groups is 2. The van der Waals surface area contributed by atoms with Crippen molar-refractivity contribution in [1.82, 2.24) is 0 Å². The summed E-state index contributed by atoms with van der Waals surface area (Å²) in [5.74, 6) is -1.17. The van der Waals surface area contributed by atoms with Gasteiger partial charge in [-0.2, -0.15) is 0 Å². The van der Waals surface area contributed by atoms with Crippen molar-refractivity contribution in [3.63, 3.8) is 0 Å². The minimum Gasteiger partial charge on any atom is -0.545 e. The number of benzene rings is 1. The fourth-order valence-corrected chi connectivity index (χ4v) is 2.34. The minimum absolute atomic E-state index is 0.0517. The number of hydrogen-bond donors (Lipinski definition) is 1. The minimum atomic E-state index is -1.32. The predicted molar refractivity (Wildman–Crippen MR) is 88.6 cm³/mol. The lowest BCUT2D eigenvalue weighted by atomic mass is 10.1. The van der Waals surface area contributed by atoms with E-state index >= 15 is 0 Å². The quantitative estimate of drug-likeness (QED) is 0.635. The fourth-order valence-electron chi connectivity index (χ4n) is 2.34. The summed E-state index contributed by atoms with van der Waals surface area (Å²) in [6.07, 6.45) is 7.15. The highest BCUT2D eigenvalue weighted by atomic mass is 16.5. The first-order chi connectivity index (χ1) is 11.1. The van der Waals surface area contributed by atoms with Crippen LogP contribution in [0.3, 0.4) is 0 Å². The summed E-state index contributed by atoms with van der Waals surface area (Å²) in [7, 11) is 0. The van der Waals surface area contributed by atoms with Gasteiger partial charge in [-0.3, -0.25) is 4.79 Å². The average Bonchev–Trinajstić information content (AvgIpc) is 2.52. The zero-order valence-electron chi connectivity index (χ0n) is 14.0. The van der Waals surface area contributed by atoms with E-state index in [-0.39, 0.29) is 17.2 Å². The van der Waals surface area contributed by atoms with Crippen LogP contribution in [-0.2, 0) is 4.79 Å². The van der Waals surface area contributed by atoms with Crippen molar-refractivity contribution in [2.24, 2.45) is 0 Å². The van der Waals surface area contributed by atoms with Crippen LogP contribution in [0.25, 0.3) is 0 Å². The molecule has 5 nitrogen and oxygen atoms in total. The van der Waals surface area contributed by atoms with E-state index < -0.39 is 5.97 Å². The Kier molecular flexibility index (Phi) is 8.80. The molecule has 1 N–H and O–H groups in total. The van der Waals surface area contributed by atoms with Gasteiger partial charge in [0.05, 0.1) is 12.6 Å². The molecular formula is C18H26NO4-. The molecule has 0 radical (unpaired) electrons. The molecule has 1 amide bonds. The largest absolute Gasteiger partial charge is 0.545 e. The lowest BCUT2D eigenvalue weighted by Crippen LogP contribution is -2.23. The zero-order chi connectivity index (χ0) is 17.1. The number of carbonyl (C=O) groups excluding carboxylic acids is 2. The van der Waals surface area contributed by atoms with E-state index in [2.05, 4.69) is 12.2 Å². The highest BCUT2D eigenvalue weighted by Gasteiger charge is 2.08. The van der Waals surface area contributed by atoms with Gasteiger partial charge in [0.1, 0.15) is 5.75 Å². The summed E-state index contributed by atoms with van der Waals surface area (Å²) >= 11 is 0. The molecule has 0 aliphatic heterocycles. The first-order valence-corrected chi connectivity index (χ1v) is 8.36. The van der Waals surface area contributed by atoms with Gasteiger partial charge in [-0.25, -0.2) is 0 Å². The summed E-state index contributed by atoms with van der Waals surface area (Å²) in [5.41, 5.74) is 0.396. The molecule has 0 aliphatic carbocycles. The smallest absolute Gasteiger partial charge is 0.224 e. The third-order valence-corrected chi connectivity index (χ3v) is 3.54. The Balaban J connectivity index is 2.48. The van der Waals surface area contributed by atoms with Crippen LogP contribution in [0.2, 0.25) is 0 Å². The number of anilines is 1. The van der Waals surface area contributed by atoms with E-state index in [4.69, 9.17) is 4.74 Å². The Bertz CT molecular complexity index is 514. The van der Waals surface area contributed by atoms with Gasteiger partial charge in [-0.05, 0) is 31.5 Å². The fraction of sp³-hybridized carbons (Fsp3) is 0.556. The van der Waals surface area contributed by atoms with Crippen molar-refractivity contribution in [2.75, 3.05) is 11.9 Å². The summed E-state index contributed by atoms with van der Waals surface area (Å²) in [6, 6.07) is 4.55. The molecule has 0 saturated heterocycles. The van der Waals surface area contributed by atoms with Gasteiger partial charge < -0.3 is 20.0 Å². The standard InChI is InChI=1S/C18H27NO4/c1-3-5-6-7-8-9-10-17(20)19-14-11-12-16(23-4-2)15(13-14)18(21)22/h11-13H,3-10H2,1-2H3,(H,19,20)(H,21,22)/p-1. The number of unbranched alkanes of at least 4 members (excludes halogenated alkanes) is 5. The summed E-state index contributed by atoms with van der Waals surface area (Å²) in [5, 5.41) is 13.9. The molecule has 0 atom stereocenters. The highest BCUT2D eigenvalue weighted by Crippen LogP contribution is 2.22. The molecule has 1 aromatic rings. The number of amides is 1. The first kappa shape index (κ1) is 19.0. The van der Waals surface area contributed by atoms with E-state index in [0.29, 0.717) is 18.7 Å². The van der Waals surface area contributed by atoms with Crippen molar-refractivity contribution >= 4 is 17.6 Å². The summed E-state index contributed by atoms with van der Waals surface area (Å²) in [6.45, 7) is 4.31. The SMILES string of the molecule is CCCCCCCCC(=O)Nc1ccc(OCC)c(C(=O)[O-])c1. The second-order valence-electron chi connectivity index (χ2n) is 5.50. The normalized spacial score (nSPS) is 10.3. The van der Waals surface area contributed by atoms with Crippen molar-refractivity contribution in [3.8, 4) is 5.75 Å². The zero-order valence-corrected chi connectivity index (χ0v) is 14.0. The van der Waals surface area contributed by atoms with E-state index in [1.54, 1.807) is 13.0 Å². The van der Waals surface area contributed by atoms with Gasteiger partial charge in [-0.1, -0.05) is 39.0 Å². The van der Waals surface area contributed by atoms with Crippen LogP contribution in [-0.4, -0.2) is 18.5 Å². The van der Waals surface area contributed by atoms with Crippen LogP contribution in [0.1, 0.15) is 69.2 Å². The molecule has 0 aliphatic rings. The third-order valence-electron chi connectivity index (χ3n) is 3.54. The van der Waals surface area contributed by atoms with E-state index in [9.17, 15) is 14.7 Å². The van der Waals surface area contributed by atoms with Gasteiger partial charge in [0.15, 0.2) is 0 Å². The Labute approximate surface area is 138 Å². The van der Waals surface area contributed by atoms with Crippen molar-refractivity contribution in [3.05, 3.63) is 23.8 Å². The summed E-state index contributed by atoms with van der Waals surface area (Å²) < 4.78 is 5.24. The number of nitrogens with one attached hydrogen (secondary N) is 1. The van der Waals surface area contributed by atoms with Crippen LogP contribution in [0.5, 0.6) is 5.75 Å². The molecule has 128 valence electrons. The molecular weight excluding hydrogens is 294 g/mol. The van der Waals surface area contributed by atoms with Crippen LogP contribution >= 0.6 is 0 Å². The third kappa shape index (κ3) is 7.17. The number of hydrogen-bond acceptors (Lipinski definition) is 4. The number of carboxylic acid groups (broad SMARTS) is 1. The summed E-state index contributed by atoms with van der Waals surface area (Å²) in [4.78, 5) is 23.0. The number of carboxylic acids is 1. The maximum atomic E-state index is 11.9. The molecule has 0 bridgehead atoms. The monoisotopic (exact) mass is 320 g/mol. The first-order valence-electron chi connectivity index (χ1n) is 8.36. The Morgan fingerprint density at radius 2 is 1.78 bits per heavy atom. The molecule has 23 heavy (non-hydrogen) atoms. The number of aromatic carboxylic acids is 1. The molecule has 0 unspecified atom stereocenters. The second kappa shape index (κ2) is 10.6. The van der Waals surface area contributed by atoms with Gasteiger partial charge in [0.2, 0.25) is 5.91 Å². The molecule has 0 fully saturated rings. The molecule has 5 heteroatoms. The average molecular weight is 320 g/mol. The molecule has 1 aromatic carbocycles. The van der Waals surface area contributed by atoms with Crippen LogP contribution in [0.4, 0.5) is 5.69 Å². The number of ether oxygens (including phenoxy) is 1. The van der Waals surface area contributed by atoms with Crippen molar-refractivity contribution < 1.29 is 19.4 Å². The Morgan fingerprint density at radius 3 is 2.43 bits per heavy atom. The Morgan fingerprint density at radius 1 is 1.09 bits per heavy atom. The second-order valence-corrected chi connectivity index (χ2v) is 5.50. The Hall–Kier alpha value is -2.04. The molecule has 0 heterocycles.